The van der Waals surface area contributed by atoms with E-state index < -0.39 is 5.91 Å². The number of rotatable bonds is 8. The van der Waals surface area contributed by atoms with Crippen LogP contribution in [0.4, 0.5) is 5.69 Å². The molecule has 3 aromatic rings. The van der Waals surface area contributed by atoms with Crippen molar-refractivity contribution in [2.24, 2.45) is 5.10 Å². The lowest BCUT2D eigenvalue weighted by molar-refractivity contribution is 0.0956. The Morgan fingerprint density at radius 3 is 2.22 bits per heavy atom. The summed E-state index contributed by atoms with van der Waals surface area (Å²) in [5, 5.41) is 6.76. The van der Waals surface area contributed by atoms with Gasteiger partial charge in [-0.25, -0.2) is 5.43 Å². The lowest BCUT2D eigenvalue weighted by Crippen LogP contribution is -2.21. The Morgan fingerprint density at radius 2 is 1.53 bits per heavy atom. The molecule has 2 N–H and O–H groups in total. The molecular weight excluding hydrogens is 410 g/mol. The van der Waals surface area contributed by atoms with Crippen LogP contribution in [0.5, 0.6) is 17.2 Å². The molecule has 164 valence electrons. The summed E-state index contributed by atoms with van der Waals surface area (Å²) in [5.41, 5.74) is 4.27. The van der Waals surface area contributed by atoms with Crippen LogP contribution < -0.4 is 25.0 Å². The lowest BCUT2D eigenvalue weighted by Gasteiger charge is -2.10. The van der Waals surface area contributed by atoms with Crippen molar-refractivity contribution in [3.63, 3.8) is 0 Å². The summed E-state index contributed by atoms with van der Waals surface area (Å²) < 4.78 is 15.6. The smallest absolute Gasteiger partial charge is 0.273 e. The van der Waals surface area contributed by atoms with Crippen molar-refractivity contribution in [1.82, 2.24) is 5.43 Å². The van der Waals surface area contributed by atoms with Gasteiger partial charge < -0.3 is 19.5 Å². The number of anilines is 1. The molecule has 8 nitrogen and oxygen atoms in total. The van der Waals surface area contributed by atoms with Gasteiger partial charge in [0.25, 0.3) is 11.8 Å². The van der Waals surface area contributed by atoms with Crippen LogP contribution in [0.25, 0.3) is 0 Å². The number of ether oxygens (including phenoxy) is 3. The van der Waals surface area contributed by atoms with E-state index in [-0.39, 0.29) is 11.5 Å². The first-order valence-corrected chi connectivity index (χ1v) is 9.65. The van der Waals surface area contributed by atoms with Gasteiger partial charge in [0, 0.05) is 5.56 Å². The van der Waals surface area contributed by atoms with Gasteiger partial charge in [-0.15, -0.1) is 0 Å². The minimum atomic E-state index is -0.465. The van der Waals surface area contributed by atoms with E-state index in [0.717, 1.165) is 0 Å². The van der Waals surface area contributed by atoms with E-state index in [1.807, 2.05) is 0 Å². The zero-order valence-electron chi connectivity index (χ0n) is 17.9. The van der Waals surface area contributed by atoms with Crippen LogP contribution in [-0.2, 0) is 0 Å². The maximum Gasteiger partial charge on any atom is 0.273 e. The van der Waals surface area contributed by atoms with Crippen molar-refractivity contribution in [2.45, 2.75) is 0 Å². The fraction of sp³-hybridized carbons (Fsp3) is 0.125. The maximum atomic E-state index is 12.6. The van der Waals surface area contributed by atoms with E-state index in [0.29, 0.717) is 34.1 Å². The SMILES string of the molecule is COc1ccc(C(=O)Nc2ccccc2C(=O)N/N=C\c2ccc(OC)c(OC)c2)cc1. The van der Waals surface area contributed by atoms with Crippen molar-refractivity contribution < 1.29 is 23.8 Å². The number of methoxy groups -OCH3 is 3. The molecule has 2 amide bonds. The summed E-state index contributed by atoms with van der Waals surface area (Å²) in [4.78, 5) is 25.2. The zero-order valence-corrected chi connectivity index (χ0v) is 17.9. The topological polar surface area (TPSA) is 98.2 Å². The van der Waals surface area contributed by atoms with Gasteiger partial charge in [-0.05, 0) is 60.2 Å². The molecule has 8 heteroatoms. The molecule has 3 rings (SSSR count). The van der Waals surface area contributed by atoms with Crippen molar-refractivity contribution in [3.8, 4) is 17.2 Å². The predicted molar refractivity (Wildman–Crippen MR) is 122 cm³/mol. The number of carbonyl (C=O) groups is 2. The van der Waals surface area contributed by atoms with E-state index in [4.69, 9.17) is 14.2 Å². The molecule has 0 atom stereocenters. The number of carbonyl (C=O) groups excluding carboxylic acids is 2. The molecule has 0 saturated heterocycles. The molecule has 0 saturated carbocycles. The average molecular weight is 433 g/mol. The average Bonchev–Trinajstić information content (AvgIpc) is 2.84. The van der Waals surface area contributed by atoms with Crippen LogP contribution in [0, 0.1) is 0 Å². The molecule has 0 unspecified atom stereocenters. The number of nitrogens with one attached hydrogen (secondary N) is 2. The van der Waals surface area contributed by atoms with Gasteiger partial charge in [0.2, 0.25) is 0 Å². The van der Waals surface area contributed by atoms with Gasteiger partial charge >= 0.3 is 0 Å². The summed E-state index contributed by atoms with van der Waals surface area (Å²) in [7, 11) is 4.64. The normalized spacial score (nSPS) is 10.5. The Hall–Kier alpha value is -4.33. The van der Waals surface area contributed by atoms with Crippen LogP contribution in [0.3, 0.4) is 0 Å². The van der Waals surface area contributed by atoms with E-state index in [1.54, 1.807) is 80.9 Å². The Bertz CT molecular complexity index is 1130. The van der Waals surface area contributed by atoms with Gasteiger partial charge in [0.1, 0.15) is 5.75 Å². The minimum absolute atomic E-state index is 0.277. The lowest BCUT2D eigenvalue weighted by atomic mass is 10.1. The predicted octanol–water partition coefficient (Wildman–Crippen LogP) is 3.73. The van der Waals surface area contributed by atoms with Gasteiger partial charge in [-0.3, -0.25) is 9.59 Å². The van der Waals surface area contributed by atoms with Gasteiger partial charge in [0.05, 0.1) is 38.8 Å². The summed E-state index contributed by atoms with van der Waals surface area (Å²) in [6.07, 6.45) is 1.48. The maximum absolute atomic E-state index is 12.6. The molecule has 32 heavy (non-hydrogen) atoms. The molecule has 0 aromatic heterocycles. The first-order chi connectivity index (χ1) is 15.5. The molecular formula is C24H23N3O5. The van der Waals surface area contributed by atoms with Gasteiger partial charge in [-0.2, -0.15) is 5.10 Å². The molecule has 0 aliphatic carbocycles. The van der Waals surface area contributed by atoms with Crippen LogP contribution >= 0.6 is 0 Å². The Balaban J connectivity index is 1.70. The summed E-state index contributed by atoms with van der Waals surface area (Å²) in [6.45, 7) is 0. The first kappa shape index (κ1) is 22.4. The van der Waals surface area contributed by atoms with Crippen molar-refractivity contribution in [3.05, 3.63) is 83.4 Å². The molecule has 0 aliphatic heterocycles. The fourth-order valence-corrected chi connectivity index (χ4v) is 2.89. The summed E-state index contributed by atoms with van der Waals surface area (Å²) >= 11 is 0. The van der Waals surface area contributed by atoms with Crippen LogP contribution in [0.2, 0.25) is 0 Å². The van der Waals surface area contributed by atoms with Crippen molar-refractivity contribution in [2.75, 3.05) is 26.6 Å². The Morgan fingerprint density at radius 1 is 0.812 bits per heavy atom. The van der Waals surface area contributed by atoms with Crippen molar-refractivity contribution >= 4 is 23.7 Å². The molecule has 3 aromatic carbocycles. The number of benzene rings is 3. The van der Waals surface area contributed by atoms with Crippen LogP contribution in [0.15, 0.2) is 71.8 Å². The Kier molecular flexibility index (Phi) is 7.42. The standard InChI is InChI=1S/C24H23N3O5/c1-30-18-11-9-17(10-12-18)23(28)26-20-7-5-4-6-19(20)24(29)27-25-15-16-8-13-21(31-2)22(14-16)32-3/h4-15H,1-3H3,(H,26,28)(H,27,29)/b25-15-. The number of amides is 2. The second-order valence-electron chi connectivity index (χ2n) is 6.54. The van der Waals surface area contributed by atoms with E-state index in [9.17, 15) is 9.59 Å². The number of nitrogens with zero attached hydrogens (tertiary/aromatic N) is 1. The number of hydrazone groups is 1. The zero-order chi connectivity index (χ0) is 22.9. The molecule has 0 bridgehead atoms. The number of hydrogen-bond acceptors (Lipinski definition) is 6. The number of hydrogen-bond donors (Lipinski definition) is 2. The number of para-hydroxylation sites is 1. The third kappa shape index (κ3) is 5.42. The molecule has 0 heterocycles. The van der Waals surface area contributed by atoms with Crippen molar-refractivity contribution in [1.29, 1.82) is 0 Å². The molecule has 0 spiro atoms. The van der Waals surface area contributed by atoms with Gasteiger partial charge in [-0.1, -0.05) is 12.1 Å². The second kappa shape index (κ2) is 10.6. The van der Waals surface area contributed by atoms with E-state index in [2.05, 4.69) is 15.8 Å². The Labute approximate surface area is 185 Å². The monoisotopic (exact) mass is 433 g/mol. The van der Waals surface area contributed by atoms with E-state index in [1.165, 1.54) is 13.3 Å². The highest BCUT2D eigenvalue weighted by Crippen LogP contribution is 2.26. The molecule has 0 aliphatic rings. The van der Waals surface area contributed by atoms with Crippen LogP contribution in [0.1, 0.15) is 26.3 Å². The first-order valence-electron chi connectivity index (χ1n) is 9.65. The highest BCUT2D eigenvalue weighted by molar-refractivity contribution is 6.09. The van der Waals surface area contributed by atoms with Gasteiger partial charge in [0.15, 0.2) is 11.5 Å². The minimum Gasteiger partial charge on any atom is -0.497 e. The highest BCUT2D eigenvalue weighted by atomic mass is 16.5. The fourth-order valence-electron chi connectivity index (χ4n) is 2.89. The second-order valence-corrected chi connectivity index (χ2v) is 6.54. The largest absolute Gasteiger partial charge is 0.497 e. The third-order valence-electron chi connectivity index (χ3n) is 4.56. The van der Waals surface area contributed by atoms with E-state index >= 15 is 0 Å². The highest BCUT2D eigenvalue weighted by Gasteiger charge is 2.14. The molecule has 0 fully saturated rings. The third-order valence-corrected chi connectivity index (χ3v) is 4.56. The summed E-state index contributed by atoms with van der Waals surface area (Å²) in [6, 6.07) is 18.6. The molecule has 0 radical (unpaired) electrons. The summed E-state index contributed by atoms with van der Waals surface area (Å²) in [5.74, 6) is 0.979. The van der Waals surface area contributed by atoms with Crippen LogP contribution in [-0.4, -0.2) is 39.4 Å². The quantitative estimate of drug-likeness (QED) is 0.417.